The third-order valence-electron chi connectivity index (χ3n) is 8.77. The van der Waals surface area contributed by atoms with Gasteiger partial charge in [0, 0.05) is 27.0 Å². The van der Waals surface area contributed by atoms with Crippen LogP contribution in [-0.4, -0.2) is 35.3 Å². The Hall–Kier alpha value is -5.94. The van der Waals surface area contributed by atoms with E-state index in [1.165, 1.54) is 30.3 Å². The first-order valence-corrected chi connectivity index (χ1v) is 22.8. The minimum Gasteiger partial charge on any atom is -0.494 e. The molecule has 6 aromatic rings. The summed E-state index contributed by atoms with van der Waals surface area (Å²) in [6, 6.07) is 36.5. The molecule has 2 amide bonds. The molecule has 17 heteroatoms. The number of nitrogens with one attached hydrogen (secondary N) is 2. The molecule has 6 aromatic carbocycles. The summed E-state index contributed by atoms with van der Waals surface area (Å²) < 4.78 is 65.3. The van der Waals surface area contributed by atoms with Crippen LogP contribution >= 0.6 is 23.2 Å². The van der Waals surface area contributed by atoms with E-state index in [1.54, 1.807) is 66.7 Å². The maximum atomic E-state index is 12.6. The minimum atomic E-state index is -4.12. The predicted molar refractivity (Wildman–Crippen MR) is 241 cm³/mol. The summed E-state index contributed by atoms with van der Waals surface area (Å²) >= 11 is 11.9. The molecule has 0 aliphatic heterocycles. The number of carbonyl (C=O) groups excluding carboxylic acids is 2. The van der Waals surface area contributed by atoms with E-state index < -0.39 is 20.0 Å². The number of amides is 2. The molecule has 0 radical (unpaired) electrons. The van der Waals surface area contributed by atoms with Crippen LogP contribution in [0.3, 0.4) is 0 Å². The fourth-order valence-electron chi connectivity index (χ4n) is 6.06. The molecule has 0 bridgehead atoms. The summed E-state index contributed by atoms with van der Waals surface area (Å²) in [5, 5.41) is 17.0. The van der Waals surface area contributed by atoms with Crippen molar-refractivity contribution in [2.24, 2.45) is 10.3 Å². The number of rotatable bonds is 15. The van der Waals surface area contributed by atoms with Crippen molar-refractivity contribution in [1.82, 2.24) is 0 Å². The number of hydrogen-bond donors (Lipinski definition) is 4. The number of sulfonamides is 2. The normalized spacial score (nSPS) is 11.2. The average molecular weight is 920 g/mol. The van der Waals surface area contributed by atoms with Gasteiger partial charge in [-0.1, -0.05) is 91.6 Å². The molecule has 0 unspecified atom stereocenters. The standard InChI is InChI=1S/C23H23ClN2O4S.C22H21ClN2O5S/c1-15(2)20-9-4-3-6-16(20)12-23(27)26-18-10-11-21(22(14-18)31(25,28)29)30-19-8-5-7-17(24)13-19;1-2-29-19-9-4-3-6-15(19)12-22(26)25-17-10-11-20(21(14-17)31(24,27)28)30-18-8-5-7-16(23)13-18/h3-11,13-15H,12H2,1-2H3,(H,26,27)(H2,25,28,29);3-11,13-14H,2,12H2,1H3,(H,25,26)(H2,24,27,28). The monoisotopic (exact) mass is 918 g/mol. The van der Waals surface area contributed by atoms with Crippen LogP contribution in [0.5, 0.6) is 28.7 Å². The van der Waals surface area contributed by atoms with Crippen LogP contribution in [0, 0.1) is 0 Å². The molecule has 0 heterocycles. The summed E-state index contributed by atoms with van der Waals surface area (Å²) in [6.07, 6.45) is 0.224. The Morgan fingerprint density at radius 1 is 0.581 bits per heavy atom. The fourth-order valence-corrected chi connectivity index (χ4v) is 7.78. The lowest BCUT2D eigenvalue weighted by molar-refractivity contribution is -0.116. The lowest BCUT2D eigenvalue weighted by atomic mass is 9.95. The van der Waals surface area contributed by atoms with Crippen LogP contribution in [-0.2, 0) is 42.5 Å². The van der Waals surface area contributed by atoms with Gasteiger partial charge in [0.15, 0.2) is 0 Å². The SMILES string of the molecule is CC(C)c1ccccc1CC(=O)Nc1ccc(Oc2cccc(Cl)c2)c(S(N)(=O)=O)c1.CCOc1ccccc1CC(=O)Nc1ccc(Oc2cccc(Cl)c2)c(S(N)(=O)=O)c1. The Balaban J connectivity index is 0.000000234. The highest BCUT2D eigenvalue weighted by Crippen LogP contribution is 2.34. The van der Waals surface area contributed by atoms with E-state index in [-0.39, 0.29) is 57.6 Å². The first-order chi connectivity index (χ1) is 29.4. The van der Waals surface area contributed by atoms with E-state index in [2.05, 4.69) is 24.5 Å². The number of ether oxygens (including phenoxy) is 3. The van der Waals surface area contributed by atoms with Gasteiger partial charge in [0.05, 0.1) is 19.4 Å². The zero-order chi connectivity index (χ0) is 45.0. The number of carbonyl (C=O) groups is 2. The Morgan fingerprint density at radius 3 is 1.48 bits per heavy atom. The van der Waals surface area contributed by atoms with Gasteiger partial charge < -0.3 is 24.8 Å². The number of para-hydroxylation sites is 1. The zero-order valence-electron chi connectivity index (χ0n) is 33.8. The van der Waals surface area contributed by atoms with Gasteiger partial charge in [0.1, 0.15) is 38.5 Å². The van der Waals surface area contributed by atoms with E-state index in [0.717, 1.165) is 16.7 Å². The number of nitrogens with two attached hydrogens (primary N) is 2. The summed E-state index contributed by atoms with van der Waals surface area (Å²) in [7, 11) is -8.23. The van der Waals surface area contributed by atoms with Crippen LogP contribution in [0.4, 0.5) is 11.4 Å². The zero-order valence-corrected chi connectivity index (χ0v) is 36.9. The summed E-state index contributed by atoms with van der Waals surface area (Å²) in [5.41, 5.74) is 3.29. The Kier molecular flexibility index (Phi) is 16.1. The second-order valence-corrected chi connectivity index (χ2v) is 17.8. The molecule has 0 saturated carbocycles. The first kappa shape index (κ1) is 47.1. The van der Waals surface area contributed by atoms with Gasteiger partial charge >= 0.3 is 0 Å². The molecule has 0 aromatic heterocycles. The Morgan fingerprint density at radius 2 is 1.03 bits per heavy atom. The fraction of sp³-hybridized carbons (Fsp3) is 0.156. The van der Waals surface area contributed by atoms with Crippen molar-refractivity contribution < 1.29 is 40.6 Å². The molecule has 0 atom stereocenters. The summed E-state index contributed by atoms with van der Waals surface area (Å²) in [4.78, 5) is 24.6. The van der Waals surface area contributed by atoms with Gasteiger partial charge in [-0.3, -0.25) is 9.59 Å². The number of hydrogen-bond acceptors (Lipinski definition) is 9. The number of anilines is 2. The summed E-state index contributed by atoms with van der Waals surface area (Å²) in [6.45, 7) is 6.46. The molecule has 0 aliphatic carbocycles. The number of primary sulfonamides is 2. The minimum absolute atomic E-state index is 0.0180. The number of halogens is 2. The smallest absolute Gasteiger partial charge is 0.241 e. The molecule has 0 saturated heterocycles. The lowest BCUT2D eigenvalue weighted by Crippen LogP contribution is -2.17. The van der Waals surface area contributed by atoms with Crippen LogP contribution in [0.25, 0.3) is 0 Å². The second kappa shape index (κ2) is 21.2. The summed E-state index contributed by atoms with van der Waals surface area (Å²) in [5.74, 6) is 1.06. The van der Waals surface area contributed by atoms with E-state index in [0.29, 0.717) is 39.6 Å². The highest BCUT2D eigenvalue weighted by molar-refractivity contribution is 7.89. The first-order valence-electron chi connectivity index (χ1n) is 19.0. The molecule has 0 spiro atoms. The third kappa shape index (κ3) is 13.8. The maximum absolute atomic E-state index is 12.6. The van der Waals surface area contributed by atoms with Gasteiger partial charge in [-0.2, -0.15) is 0 Å². The van der Waals surface area contributed by atoms with Crippen molar-refractivity contribution in [2.45, 2.75) is 49.3 Å². The van der Waals surface area contributed by atoms with Gasteiger partial charge in [0.25, 0.3) is 0 Å². The molecule has 6 rings (SSSR count). The van der Waals surface area contributed by atoms with Gasteiger partial charge in [0.2, 0.25) is 31.9 Å². The average Bonchev–Trinajstić information content (AvgIpc) is 3.19. The third-order valence-corrected chi connectivity index (χ3v) is 11.1. The van der Waals surface area contributed by atoms with Crippen LogP contribution < -0.4 is 35.1 Å². The Bertz CT molecular complexity index is 2790. The molecule has 6 N–H and O–H groups in total. The van der Waals surface area contributed by atoms with E-state index in [1.807, 2.05) is 43.3 Å². The Labute approximate surface area is 371 Å². The lowest BCUT2D eigenvalue weighted by Gasteiger charge is -2.14. The highest BCUT2D eigenvalue weighted by atomic mass is 35.5. The van der Waals surface area contributed by atoms with E-state index in [4.69, 9.17) is 47.7 Å². The second-order valence-electron chi connectivity index (χ2n) is 13.9. The molecular formula is C45H44Cl2N4O9S2. The van der Waals surface area contributed by atoms with Crippen molar-refractivity contribution in [1.29, 1.82) is 0 Å². The number of benzene rings is 6. The van der Waals surface area contributed by atoms with Crippen LogP contribution in [0.15, 0.2) is 143 Å². The molecule has 324 valence electrons. The largest absolute Gasteiger partial charge is 0.494 e. The highest BCUT2D eigenvalue weighted by Gasteiger charge is 2.20. The van der Waals surface area contributed by atoms with E-state index in [9.17, 15) is 26.4 Å². The van der Waals surface area contributed by atoms with Gasteiger partial charge in [-0.05, 0) is 103 Å². The van der Waals surface area contributed by atoms with Crippen LogP contribution in [0.1, 0.15) is 43.4 Å². The van der Waals surface area contributed by atoms with Crippen LogP contribution in [0.2, 0.25) is 10.0 Å². The topological polar surface area (TPSA) is 206 Å². The van der Waals surface area contributed by atoms with Gasteiger partial charge in [-0.15, -0.1) is 0 Å². The molecule has 62 heavy (non-hydrogen) atoms. The molecule has 0 aliphatic rings. The van der Waals surface area contributed by atoms with Gasteiger partial charge in [-0.25, -0.2) is 27.1 Å². The quantitative estimate of drug-likeness (QED) is 0.0773. The molecule has 13 nitrogen and oxygen atoms in total. The van der Waals surface area contributed by atoms with E-state index >= 15 is 0 Å². The van der Waals surface area contributed by atoms with Crippen molar-refractivity contribution >= 4 is 66.4 Å². The molecular weight excluding hydrogens is 876 g/mol. The maximum Gasteiger partial charge on any atom is 0.241 e. The van der Waals surface area contributed by atoms with Crippen molar-refractivity contribution in [3.8, 4) is 28.7 Å². The molecule has 0 fully saturated rings. The van der Waals surface area contributed by atoms with Crippen molar-refractivity contribution in [3.63, 3.8) is 0 Å². The van der Waals surface area contributed by atoms with Crippen molar-refractivity contribution in [2.75, 3.05) is 17.2 Å². The van der Waals surface area contributed by atoms with Crippen molar-refractivity contribution in [3.05, 3.63) is 160 Å². The predicted octanol–water partition coefficient (Wildman–Crippen LogP) is 9.44.